The summed E-state index contributed by atoms with van der Waals surface area (Å²) in [6.45, 7) is 0. The molecule has 26 rings (SSSR count). The number of furan rings is 2. The van der Waals surface area contributed by atoms with Crippen LogP contribution in [0.15, 0.2) is 374 Å². The summed E-state index contributed by atoms with van der Waals surface area (Å²) in [4.78, 5) is 0. The number of fused-ring (bicyclic) bond motifs is 17. The van der Waals surface area contributed by atoms with Gasteiger partial charge in [0, 0.05) is 112 Å². The minimum atomic E-state index is -0.423. The second-order valence-corrected chi connectivity index (χ2v) is 31.2. The molecule has 12 aromatic heterocycles. The van der Waals surface area contributed by atoms with Crippen LogP contribution in [0.3, 0.4) is 0 Å². The number of aromatic nitrogens is 16. The fourth-order valence-corrected chi connectivity index (χ4v) is 18.0. The number of para-hydroxylation sites is 1. The van der Waals surface area contributed by atoms with Gasteiger partial charge in [0.15, 0.2) is 11.2 Å². The maximum absolute atomic E-state index is 6.24. The summed E-state index contributed by atoms with van der Waals surface area (Å²) in [5, 5.41) is 38.5. The zero-order chi connectivity index (χ0) is 84.1. The summed E-state index contributed by atoms with van der Waals surface area (Å²) >= 11 is 3.32. The van der Waals surface area contributed by atoms with Crippen molar-refractivity contribution < 1.29 is 112 Å². The summed E-state index contributed by atoms with van der Waals surface area (Å²) in [6, 6.07) is 118. The molecule has 0 fully saturated rings. The zero-order valence-corrected chi connectivity index (χ0v) is 78.5. The molecule has 131 heavy (non-hydrogen) atoms. The zero-order valence-electron chi connectivity index (χ0n) is 67.8. The first-order valence-electron chi connectivity index (χ1n) is 40.3. The fourth-order valence-electron chi connectivity index (χ4n) is 16.3. The number of benzene rings is 12. The first-order valence-corrected chi connectivity index (χ1v) is 42.0. The molecule has 0 radical (unpaired) electrons. The van der Waals surface area contributed by atoms with E-state index in [0.717, 1.165) is 104 Å². The van der Waals surface area contributed by atoms with Crippen molar-refractivity contribution in [1.82, 2.24) is 78.2 Å². The Morgan fingerprint density at radius 2 is 0.664 bits per heavy atom. The van der Waals surface area contributed by atoms with Crippen LogP contribution in [0, 0.1) is 48.5 Å². The Morgan fingerprint density at radius 1 is 0.290 bits per heavy atom. The van der Waals surface area contributed by atoms with Crippen LogP contribution in [0.25, 0.3) is 121 Å². The molecule has 0 bridgehead atoms. The molecule has 0 saturated heterocycles. The van der Waals surface area contributed by atoms with Gasteiger partial charge in [-0.1, -0.05) is 84.9 Å². The molecule has 22 nitrogen and oxygen atoms in total. The van der Waals surface area contributed by atoms with Crippen LogP contribution in [0.1, 0.15) is 22.3 Å². The molecule has 0 saturated carbocycles. The van der Waals surface area contributed by atoms with Crippen molar-refractivity contribution in [3.05, 3.63) is 436 Å². The van der Waals surface area contributed by atoms with Crippen molar-refractivity contribution in [1.29, 1.82) is 0 Å². The standard InChI is InChI=1S/C37H22N4O.C24H14N4O2.C22H12N4O2S.C20H12N4OS.4Pt/c1-4-17-32-29(14-1)30-15-2-5-18-33(30)37(32)34-19-6-3-16-31(34)36-35(37)24-39-41(36)26-11-8-13-28(23-26)42-27-12-7-10-25(22-27)40-21-9-20-38-40;1-2-11-22-21(10-1)24-23(30-22)16-26-28(24)18-7-4-9-20(15-18)29-19-8-3-6-17(14-19)27-13-5-12-25-27;1-4-15(25-10-3-9-23-25)12-17(6-1)28-18-7-2-5-16(13-18)26-21-20(14-24-26)29-19-8-11-27-22(19)21;1-4-15(23-10-3-9-21-23)12-17(6-1)25-18-7-2-5-16(13-18)24-19-8-11-26-20(19)14-22-24;;;;/h1-21,24H;1-13,16H;1-11,14H;1-11,14H;;;;/q4*-2;4*+2. The van der Waals surface area contributed by atoms with E-state index in [4.69, 9.17) is 32.9 Å². The summed E-state index contributed by atoms with van der Waals surface area (Å²) in [7, 11) is 0. The molecule has 12 aromatic carbocycles. The molecular weight excluding hydrogens is 2400 g/mol. The normalized spacial score (nSPS) is 11.6. The van der Waals surface area contributed by atoms with E-state index in [1.807, 2.05) is 262 Å². The molecule has 0 N–H and O–H groups in total. The fraction of sp³-hybridized carbons (Fsp3) is 0.00971. The average Bonchev–Trinajstić information content (AvgIpc) is 1.50. The van der Waals surface area contributed by atoms with Gasteiger partial charge in [0.25, 0.3) is 0 Å². The Bertz CT molecular complexity index is 8090. The van der Waals surface area contributed by atoms with E-state index >= 15 is 0 Å². The Morgan fingerprint density at radius 3 is 1.13 bits per heavy atom. The van der Waals surface area contributed by atoms with E-state index in [2.05, 4.69) is 168 Å². The third kappa shape index (κ3) is 16.4. The van der Waals surface area contributed by atoms with Gasteiger partial charge < -0.3 is 27.8 Å². The first kappa shape index (κ1) is 85.9. The summed E-state index contributed by atoms with van der Waals surface area (Å²) in [5.41, 5.74) is 21.2. The summed E-state index contributed by atoms with van der Waals surface area (Å²) in [6.07, 6.45) is 23.6. The van der Waals surface area contributed by atoms with E-state index in [0.29, 0.717) is 46.0 Å². The van der Waals surface area contributed by atoms with E-state index < -0.39 is 5.41 Å². The van der Waals surface area contributed by atoms with Gasteiger partial charge in [-0.2, -0.15) is 89.3 Å². The number of hydrogen-bond donors (Lipinski definition) is 0. The number of ether oxygens (including phenoxy) is 4. The molecule has 1 spiro atoms. The van der Waals surface area contributed by atoms with Crippen molar-refractivity contribution in [2.75, 3.05) is 0 Å². The number of hydrogen-bond acceptors (Lipinski definition) is 16. The van der Waals surface area contributed by atoms with Crippen molar-refractivity contribution in [3.8, 4) is 114 Å². The molecule has 12 heterocycles. The summed E-state index contributed by atoms with van der Waals surface area (Å²) < 4.78 is 53.6. The molecule has 0 aliphatic heterocycles. The van der Waals surface area contributed by atoms with E-state index in [1.54, 1.807) is 78.6 Å². The quantitative estimate of drug-likeness (QED) is 0.0825. The Hall–Kier alpha value is -14.5. The van der Waals surface area contributed by atoms with Crippen LogP contribution < -0.4 is 18.9 Å². The maximum Gasteiger partial charge on any atom is 2.00 e. The van der Waals surface area contributed by atoms with E-state index in [9.17, 15) is 0 Å². The van der Waals surface area contributed by atoms with Gasteiger partial charge in [-0.3, -0.25) is 37.5 Å². The van der Waals surface area contributed by atoms with Crippen LogP contribution in [-0.2, 0) is 89.7 Å². The maximum atomic E-state index is 6.24. The first-order chi connectivity index (χ1) is 62.9. The third-order valence-electron chi connectivity index (χ3n) is 21.6. The van der Waals surface area contributed by atoms with E-state index in [-0.39, 0.29) is 84.3 Å². The Labute approximate surface area is 813 Å². The van der Waals surface area contributed by atoms with Gasteiger partial charge >= 0.3 is 84.3 Å². The molecule has 24 aromatic rings. The predicted molar refractivity (Wildman–Crippen MR) is 484 cm³/mol. The predicted octanol–water partition coefficient (Wildman–Crippen LogP) is 23.2. The van der Waals surface area contributed by atoms with Crippen LogP contribution in [0.5, 0.6) is 46.0 Å². The third-order valence-corrected chi connectivity index (χ3v) is 23.5. The largest absolute Gasteiger partial charge is 2.00 e. The SMILES string of the molecule is [Pt+2].[Pt+2].[Pt+2].[Pt+2].[c-]1c(Oc2[c-]c(-n3ncc4c3-c3ccccc3C43c4ccccc4-c4ccccc43)ccc2)cccc1-n1cccn1.[c-]1c(Oc2[c-]c(-n3ncc4oc5ccccc5c43)ccc2)cccc1-n1cccn1.[c-]1c(Oc2[c-]c(-n3ncc4sc5ccoc5c43)ccc2)cccc1-n1cccn1.[c-]1c(Oc2[c-]c(-n3ncc4sccc43)ccc2)cccc1-n1cccn1. The van der Waals surface area contributed by atoms with Gasteiger partial charge in [-0.15, -0.1) is 168 Å². The monoisotopic (exact) mass is 2460 g/mol. The van der Waals surface area contributed by atoms with Crippen LogP contribution in [-0.4, -0.2) is 78.2 Å². The van der Waals surface area contributed by atoms with Crippen LogP contribution in [0.2, 0.25) is 0 Å². The minimum absolute atomic E-state index is 0. The number of thiophene rings is 2. The molecule has 2 aliphatic rings. The van der Waals surface area contributed by atoms with Gasteiger partial charge in [0.1, 0.15) is 16.6 Å². The van der Waals surface area contributed by atoms with Crippen molar-refractivity contribution >= 4 is 75.5 Å². The van der Waals surface area contributed by atoms with Gasteiger partial charge in [-0.25, -0.2) is 0 Å². The van der Waals surface area contributed by atoms with Gasteiger partial charge in [-0.05, 0) is 127 Å². The van der Waals surface area contributed by atoms with Crippen molar-refractivity contribution in [3.63, 3.8) is 0 Å². The molecular formula is C103H60N16O6Pt4S2. The smallest absolute Gasteiger partial charge is 0.509 e. The topological polar surface area (TPSA) is 206 Å². The second-order valence-electron chi connectivity index (χ2n) is 29.2. The van der Waals surface area contributed by atoms with E-state index in [1.165, 1.54) is 38.9 Å². The summed E-state index contributed by atoms with van der Waals surface area (Å²) in [5.74, 6) is 4.69. The molecule has 640 valence electrons. The van der Waals surface area contributed by atoms with Crippen LogP contribution in [0.4, 0.5) is 0 Å². The average molecular weight is 2460 g/mol. The molecule has 0 unspecified atom stereocenters. The minimum Gasteiger partial charge on any atom is -0.509 e. The molecule has 2 aliphatic carbocycles. The number of rotatable bonds is 16. The molecule has 28 heteroatoms. The molecule has 0 atom stereocenters. The molecule has 0 amide bonds. The van der Waals surface area contributed by atoms with Gasteiger partial charge in [0.2, 0.25) is 0 Å². The second kappa shape index (κ2) is 37.3. The van der Waals surface area contributed by atoms with Crippen molar-refractivity contribution in [2.45, 2.75) is 5.41 Å². The van der Waals surface area contributed by atoms with Crippen LogP contribution >= 0.6 is 22.7 Å². The van der Waals surface area contributed by atoms with Crippen molar-refractivity contribution in [2.24, 2.45) is 0 Å². The van der Waals surface area contributed by atoms with Gasteiger partial charge in [0.05, 0.1) is 61.8 Å². The Balaban J connectivity index is 0.000000114. The number of nitrogens with zero attached hydrogens (tertiary/aromatic N) is 16. The Kier molecular flexibility index (Phi) is 24.5.